The molecule has 13 heavy (non-hydrogen) atoms. The highest BCUT2D eigenvalue weighted by Gasteiger charge is 2.12. The van der Waals surface area contributed by atoms with Gasteiger partial charge in [-0.3, -0.25) is 0 Å². The summed E-state index contributed by atoms with van der Waals surface area (Å²) in [6, 6.07) is 6.14. The monoisotopic (exact) mass is 266 g/mol. The predicted octanol–water partition coefficient (Wildman–Crippen LogP) is 2.19. The van der Waals surface area contributed by atoms with Gasteiger partial charge in [-0.2, -0.15) is 0 Å². The van der Waals surface area contributed by atoms with Gasteiger partial charge >= 0.3 is 0 Å². The van der Waals surface area contributed by atoms with Crippen molar-refractivity contribution in [1.29, 1.82) is 0 Å². The van der Waals surface area contributed by atoms with E-state index < -0.39 is 22.3 Å². The van der Waals surface area contributed by atoms with Gasteiger partial charge in [0.15, 0.2) is 9.84 Å². The lowest BCUT2D eigenvalue weighted by Crippen LogP contribution is -2.07. The third-order valence-corrected chi connectivity index (χ3v) is 3.73. The summed E-state index contributed by atoms with van der Waals surface area (Å²) in [7, 11) is -3.42. The van der Waals surface area contributed by atoms with Crippen LogP contribution in [0.25, 0.3) is 0 Å². The van der Waals surface area contributed by atoms with Gasteiger partial charge in [-0.1, -0.05) is 15.9 Å². The number of hydrogen-bond acceptors (Lipinski definition) is 2. The second kappa shape index (κ2) is 4.19. The first-order valence-electron chi connectivity index (χ1n) is 3.60. The molecule has 0 heterocycles. The normalized spacial score (nSPS) is 11.5. The van der Waals surface area contributed by atoms with Crippen molar-refractivity contribution in [3.63, 3.8) is 0 Å². The lowest BCUT2D eigenvalue weighted by Gasteiger charge is -2.00. The first-order valence-corrected chi connectivity index (χ1v) is 6.05. The Morgan fingerprint density at radius 2 is 1.77 bits per heavy atom. The van der Waals surface area contributed by atoms with Crippen molar-refractivity contribution in [2.24, 2.45) is 0 Å². The van der Waals surface area contributed by atoms with E-state index in [1.54, 1.807) is 12.1 Å². The van der Waals surface area contributed by atoms with Gasteiger partial charge in [-0.25, -0.2) is 12.8 Å². The Morgan fingerprint density at radius 1 is 1.23 bits per heavy atom. The fourth-order valence-corrected chi connectivity index (χ4v) is 2.12. The molecular formula is C8H8BrFO2S. The van der Waals surface area contributed by atoms with Crippen LogP contribution in [0.15, 0.2) is 33.6 Å². The number of rotatable bonds is 3. The van der Waals surface area contributed by atoms with Crippen LogP contribution in [0, 0.1) is 0 Å². The third kappa shape index (κ3) is 2.77. The first kappa shape index (κ1) is 10.7. The van der Waals surface area contributed by atoms with Gasteiger partial charge in [-0.15, -0.1) is 0 Å². The second-order valence-electron chi connectivity index (χ2n) is 2.46. The molecule has 0 aliphatic carbocycles. The highest BCUT2D eigenvalue weighted by Crippen LogP contribution is 2.15. The average molecular weight is 267 g/mol. The largest absolute Gasteiger partial charge is 0.250 e. The zero-order valence-electron chi connectivity index (χ0n) is 6.70. The van der Waals surface area contributed by atoms with Crippen LogP contribution in [0.2, 0.25) is 0 Å². The minimum atomic E-state index is -3.42. The van der Waals surface area contributed by atoms with Gasteiger partial charge < -0.3 is 0 Å². The van der Waals surface area contributed by atoms with Crippen LogP contribution < -0.4 is 0 Å². The zero-order chi connectivity index (χ0) is 9.90. The summed E-state index contributed by atoms with van der Waals surface area (Å²) >= 11 is 3.18. The van der Waals surface area contributed by atoms with E-state index in [1.165, 1.54) is 12.1 Å². The van der Waals surface area contributed by atoms with Crippen LogP contribution in [0.3, 0.4) is 0 Å². The summed E-state index contributed by atoms with van der Waals surface area (Å²) in [5.74, 6) is -0.450. The molecule has 0 aromatic heterocycles. The highest BCUT2D eigenvalue weighted by atomic mass is 79.9. The van der Waals surface area contributed by atoms with E-state index in [1.807, 2.05) is 0 Å². The third-order valence-electron chi connectivity index (χ3n) is 1.52. The van der Waals surface area contributed by atoms with Gasteiger partial charge in [0, 0.05) is 4.47 Å². The van der Waals surface area contributed by atoms with Crippen molar-refractivity contribution >= 4 is 25.8 Å². The zero-order valence-corrected chi connectivity index (χ0v) is 9.11. The summed E-state index contributed by atoms with van der Waals surface area (Å²) in [5.41, 5.74) is 0. The van der Waals surface area contributed by atoms with E-state index in [2.05, 4.69) is 15.9 Å². The van der Waals surface area contributed by atoms with E-state index in [0.29, 0.717) is 0 Å². The number of hydrogen-bond donors (Lipinski definition) is 0. The molecule has 1 rings (SSSR count). The van der Waals surface area contributed by atoms with Crippen molar-refractivity contribution in [3.05, 3.63) is 28.7 Å². The van der Waals surface area contributed by atoms with Crippen LogP contribution in [0.5, 0.6) is 0 Å². The molecule has 0 amide bonds. The lowest BCUT2D eigenvalue weighted by atomic mass is 10.4. The van der Waals surface area contributed by atoms with Gasteiger partial charge in [0.05, 0.1) is 10.6 Å². The topological polar surface area (TPSA) is 34.1 Å². The maximum Gasteiger partial charge on any atom is 0.180 e. The summed E-state index contributed by atoms with van der Waals surface area (Å²) in [6.07, 6.45) is 0. The molecule has 0 saturated carbocycles. The van der Waals surface area contributed by atoms with E-state index in [4.69, 9.17) is 0 Å². The van der Waals surface area contributed by atoms with E-state index in [0.717, 1.165) is 4.47 Å². The molecule has 0 N–H and O–H groups in total. The molecule has 5 heteroatoms. The number of alkyl halides is 1. The molecule has 2 nitrogen and oxygen atoms in total. The summed E-state index contributed by atoms with van der Waals surface area (Å²) in [5, 5.41) is 0. The molecule has 0 bridgehead atoms. The Morgan fingerprint density at radius 3 is 2.23 bits per heavy atom. The van der Waals surface area contributed by atoms with Crippen molar-refractivity contribution in [2.75, 3.05) is 12.4 Å². The molecule has 0 radical (unpaired) electrons. The smallest absolute Gasteiger partial charge is 0.180 e. The standard InChI is InChI=1S/C8H8BrFO2S/c9-7-1-3-8(4-2-7)13(11,12)6-5-10/h1-4H,5-6H2. The van der Waals surface area contributed by atoms with Crippen LogP contribution in [-0.4, -0.2) is 20.8 Å². The van der Waals surface area contributed by atoms with Gasteiger partial charge in [-0.05, 0) is 24.3 Å². The fourth-order valence-electron chi connectivity index (χ4n) is 0.861. The number of sulfone groups is 1. The van der Waals surface area contributed by atoms with Crippen molar-refractivity contribution in [2.45, 2.75) is 4.90 Å². The summed E-state index contributed by atoms with van der Waals surface area (Å²) in [6.45, 7) is -0.849. The molecule has 0 saturated heterocycles. The van der Waals surface area contributed by atoms with Crippen molar-refractivity contribution in [1.82, 2.24) is 0 Å². The van der Waals surface area contributed by atoms with Gasteiger partial charge in [0.2, 0.25) is 0 Å². The minimum absolute atomic E-state index is 0.161. The van der Waals surface area contributed by atoms with Crippen LogP contribution in [0.4, 0.5) is 4.39 Å². The Kier molecular flexibility index (Phi) is 3.44. The summed E-state index contributed by atoms with van der Waals surface area (Å²) in [4.78, 5) is 0.161. The molecule has 72 valence electrons. The van der Waals surface area contributed by atoms with Crippen LogP contribution in [-0.2, 0) is 9.84 Å². The van der Waals surface area contributed by atoms with Crippen molar-refractivity contribution in [3.8, 4) is 0 Å². The molecule has 0 spiro atoms. The molecular weight excluding hydrogens is 259 g/mol. The maximum atomic E-state index is 11.9. The molecule has 0 fully saturated rings. The lowest BCUT2D eigenvalue weighted by molar-refractivity contribution is 0.517. The Hall–Kier alpha value is -0.420. The fraction of sp³-hybridized carbons (Fsp3) is 0.250. The average Bonchev–Trinajstić information content (AvgIpc) is 2.05. The van der Waals surface area contributed by atoms with E-state index >= 15 is 0 Å². The Bertz CT molecular complexity index is 372. The van der Waals surface area contributed by atoms with Gasteiger partial charge in [0.25, 0.3) is 0 Å². The van der Waals surface area contributed by atoms with E-state index in [9.17, 15) is 12.8 Å². The molecule has 1 aromatic carbocycles. The summed E-state index contributed by atoms with van der Waals surface area (Å²) < 4.78 is 35.2. The second-order valence-corrected chi connectivity index (χ2v) is 5.49. The van der Waals surface area contributed by atoms with Crippen molar-refractivity contribution < 1.29 is 12.8 Å². The van der Waals surface area contributed by atoms with Crippen LogP contribution in [0.1, 0.15) is 0 Å². The van der Waals surface area contributed by atoms with Gasteiger partial charge in [0.1, 0.15) is 6.67 Å². The predicted molar refractivity (Wildman–Crippen MR) is 52.2 cm³/mol. The maximum absolute atomic E-state index is 11.9. The Labute approximate surface area is 84.8 Å². The molecule has 0 aliphatic heterocycles. The van der Waals surface area contributed by atoms with E-state index in [-0.39, 0.29) is 4.90 Å². The number of halogens is 2. The number of benzene rings is 1. The molecule has 1 aromatic rings. The SMILES string of the molecule is O=S(=O)(CCF)c1ccc(Br)cc1. The molecule has 0 atom stereocenters. The quantitative estimate of drug-likeness (QED) is 0.841. The Balaban J connectivity index is 3.02. The molecule has 0 unspecified atom stereocenters. The minimum Gasteiger partial charge on any atom is -0.250 e. The first-order chi connectivity index (χ1) is 6.06. The van der Waals surface area contributed by atoms with Crippen LogP contribution >= 0.6 is 15.9 Å². The molecule has 0 aliphatic rings. The highest BCUT2D eigenvalue weighted by molar-refractivity contribution is 9.10.